The zero-order chi connectivity index (χ0) is 24.6. The molecule has 0 aromatic heterocycles. The standard InChI is InChI=1S/C30H37N3O2/c1-24-8-7-11-26(20-24)21-33-23-35-19-18-32(22-29(33)15-12-25-9-5-4-6-10-25)30(34)27-13-16-28(17-14-27)31(2)3/h4-11,13-14,16-17,20,29H,12,15,18-19,21-23H2,1-3H3/t29-/m0/s1. The van der Waals surface area contributed by atoms with E-state index in [1.807, 2.05) is 48.2 Å². The number of ether oxygens (including phenoxy) is 1. The molecule has 1 atom stereocenters. The molecule has 1 amide bonds. The Morgan fingerprint density at radius 3 is 2.43 bits per heavy atom. The van der Waals surface area contributed by atoms with E-state index in [-0.39, 0.29) is 11.9 Å². The second-order valence-electron chi connectivity index (χ2n) is 9.64. The number of aryl methyl sites for hydroxylation is 2. The number of hydrogen-bond donors (Lipinski definition) is 0. The van der Waals surface area contributed by atoms with Crippen molar-refractivity contribution in [3.8, 4) is 0 Å². The summed E-state index contributed by atoms with van der Waals surface area (Å²) < 4.78 is 6.06. The molecular weight excluding hydrogens is 434 g/mol. The monoisotopic (exact) mass is 471 g/mol. The summed E-state index contributed by atoms with van der Waals surface area (Å²) in [4.78, 5) is 19.9. The first-order valence-electron chi connectivity index (χ1n) is 12.5. The molecule has 1 fully saturated rings. The average molecular weight is 472 g/mol. The van der Waals surface area contributed by atoms with E-state index in [0.717, 1.165) is 30.6 Å². The van der Waals surface area contributed by atoms with Gasteiger partial charge in [0.25, 0.3) is 5.91 Å². The van der Waals surface area contributed by atoms with Crippen LogP contribution in [0.15, 0.2) is 78.9 Å². The summed E-state index contributed by atoms with van der Waals surface area (Å²) in [6.07, 6.45) is 1.93. The van der Waals surface area contributed by atoms with Crippen LogP contribution in [0, 0.1) is 6.92 Å². The van der Waals surface area contributed by atoms with Crippen LogP contribution in [-0.4, -0.2) is 62.3 Å². The lowest BCUT2D eigenvalue weighted by Crippen LogP contribution is -2.50. The first-order chi connectivity index (χ1) is 17.0. The number of anilines is 1. The van der Waals surface area contributed by atoms with Crippen molar-refractivity contribution in [1.82, 2.24) is 9.80 Å². The van der Waals surface area contributed by atoms with E-state index >= 15 is 0 Å². The molecule has 4 rings (SSSR count). The molecular formula is C30H37N3O2. The summed E-state index contributed by atoms with van der Waals surface area (Å²) in [6, 6.07) is 27.3. The van der Waals surface area contributed by atoms with Gasteiger partial charge in [-0.15, -0.1) is 0 Å². The van der Waals surface area contributed by atoms with Crippen molar-refractivity contribution in [3.05, 3.63) is 101 Å². The molecule has 1 aliphatic rings. The smallest absolute Gasteiger partial charge is 0.253 e. The summed E-state index contributed by atoms with van der Waals surface area (Å²) in [5, 5.41) is 0. The van der Waals surface area contributed by atoms with E-state index in [1.54, 1.807) is 0 Å². The summed E-state index contributed by atoms with van der Waals surface area (Å²) in [6.45, 7) is 5.35. The molecule has 1 aliphatic heterocycles. The fourth-order valence-electron chi connectivity index (χ4n) is 4.66. The van der Waals surface area contributed by atoms with E-state index in [4.69, 9.17) is 4.74 Å². The fourth-order valence-corrected chi connectivity index (χ4v) is 4.66. The second kappa shape index (κ2) is 12.0. The lowest BCUT2D eigenvalue weighted by atomic mass is 10.0. The second-order valence-corrected chi connectivity index (χ2v) is 9.64. The maximum atomic E-state index is 13.5. The first kappa shape index (κ1) is 25.0. The summed E-state index contributed by atoms with van der Waals surface area (Å²) in [5.74, 6) is 0.0704. The van der Waals surface area contributed by atoms with Crippen molar-refractivity contribution < 1.29 is 9.53 Å². The van der Waals surface area contributed by atoms with Crippen LogP contribution in [0.4, 0.5) is 5.69 Å². The first-order valence-corrected chi connectivity index (χ1v) is 12.5. The zero-order valence-corrected chi connectivity index (χ0v) is 21.2. The highest BCUT2D eigenvalue weighted by Gasteiger charge is 2.27. The maximum absolute atomic E-state index is 13.5. The van der Waals surface area contributed by atoms with Crippen molar-refractivity contribution in [2.75, 3.05) is 45.4 Å². The highest BCUT2D eigenvalue weighted by molar-refractivity contribution is 5.94. The molecule has 5 heteroatoms. The Balaban J connectivity index is 1.54. The molecule has 184 valence electrons. The number of amides is 1. The molecule has 0 radical (unpaired) electrons. The van der Waals surface area contributed by atoms with Crippen LogP contribution in [-0.2, 0) is 17.7 Å². The van der Waals surface area contributed by atoms with Crippen molar-refractivity contribution in [2.24, 2.45) is 0 Å². The van der Waals surface area contributed by atoms with Gasteiger partial charge in [0, 0.05) is 51.0 Å². The van der Waals surface area contributed by atoms with Crippen LogP contribution in [0.1, 0.15) is 33.5 Å². The Hall–Kier alpha value is -3.15. The Morgan fingerprint density at radius 2 is 1.71 bits per heavy atom. The van der Waals surface area contributed by atoms with E-state index in [0.29, 0.717) is 26.4 Å². The molecule has 0 N–H and O–H groups in total. The predicted molar refractivity (Wildman–Crippen MR) is 143 cm³/mol. The molecule has 5 nitrogen and oxygen atoms in total. The minimum absolute atomic E-state index is 0.0704. The van der Waals surface area contributed by atoms with Crippen LogP contribution in [0.2, 0.25) is 0 Å². The van der Waals surface area contributed by atoms with Gasteiger partial charge in [-0.3, -0.25) is 9.69 Å². The molecule has 0 spiro atoms. The topological polar surface area (TPSA) is 36.0 Å². The molecule has 0 saturated carbocycles. The summed E-state index contributed by atoms with van der Waals surface area (Å²) >= 11 is 0. The fraction of sp³-hybridized carbons (Fsp3) is 0.367. The van der Waals surface area contributed by atoms with Gasteiger partial charge in [-0.25, -0.2) is 0 Å². The minimum atomic E-state index is 0.0704. The highest BCUT2D eigenvalue weighted by atomic mass is 16.5. The molecule has 3 aromatic rings. The summed E-state index contributed by atoms with van der Waals surface area (Å²) in [7, 11) is 4.01. The third-order valence-corrected chi connectivity index (χ3v) is 6.71. The van der Waals surface area contributed by atoms with Gasteiger partial charge in [-0.1, -0.05) is 60.2 Å². The van der Waals surface area contributed by atoms with Gasteiger partial charge in [-0.05, 0) is 55.2 Å². The number of carbonyl (C=O) groups excluding carboxylic acids is 1. The largest absolute Gasteiger partial charge is 0.378 e. The van der Waals surface area contributed by atoms with Crippen LogP contribution >= 0.6 is 0 Å². The van der Waals surface area contributed by atoms with Gasteiger partial charge >= 0.3 is 0 Å². The van der Waals surface area contributed by atoms with E-state index in [1.165, 1.54) is 16.7 Å². The van der Waals surface area contributed by atoms with Crippen LogP contribution in [0.25, 0.3) is 0 Å². The van der Waals surface area contributed by atoms with Crippen molar-refractivity contribution in [1.29, 1.82) is 0 Å². The van der Waals surface area contributed by atoms with Gasteiger partial charge in [0.05, 0.1) is 13.3 Å². The molecule has 1 saturated heterocycles. The number of nitrogens with zero attached hydrogens (tertiary/aromatic N) is 3. The molecule has 35 heavy (non-hydrogen) atoms. The third kappa shape index (κ3) is 6.93. The Bertz CT molecular complexity index is 1080. The van der Waals surface area contributed by atoms with Crippen molar-refractivity contribution >= 4 is 11.6 Å². The van der Waals surface area contributed by atoms with Gasteiger partial charge in [0.15, 0.2) is 0 Å². The number of carbonyl (C=O) groups is 1. The predicted octanol–water partition coefficient (Wildman–Crippen LogP) is 4.99. The SMILES string of the molecule is Cc1cccc(CN2COCCN(C(=O)c3ccc(N(C)C)cc3)C[C@@H]2CCc2ccccc2)c1. The lowest BCUT2D eigenvalue weighted by Gasteiger charge is -2.38. The van der Waals surface area contributed by atoms with Crippen LogP contribution in [0.3, 0.4) is 0 Å². The van der Waals surface area contributed by atoms with Crippen molar-refractivity contribution in [3.63, 3.8) is 0 Å². The normalized spacial score (nSPS) is 17.0. The minimum Gasteiger partial charge on any atom is -0.378 e. The zero-order valence-electron chi connectivity index (χ0n) is 21.2. The van der Waals surface area contributed by atoms with Crippen molar-refractivity contribution in [2.45, 2.75) is 32.4 Å². The Labute approximate surface area is 209 Å². The van der Waals surface area contributed by atoms with E-state index in [9.17, 15) is 4.79 Å². The van der Waals surface area contributed by atoms with Crippen LogP contribution in [0.5, 0.6) is 0 Å². The third-order valence-electron chi connectivity index (χ3n) is 6.71. The highest BCUT2D eigenvalue weighted by Crippen LogP contribution is 2.20. The molecule has 0 bridgehead atoms. The lowest BCUT2D eigenvalue weighted by molar-refractivity contribution is -0.0361. The Morgan fingerprint density at radius 1 is 0.971 bits per heavy atom. The average Bonchev–Trinajstić information content (AvgIpc) is 2.86. The van der Waals surface area contributed by atoms with Gasteiger partial charge in [0.2, 0.25) is 0 Å². The van der Waals surface area contributed by atoms with E-state index < -0.39 is 0 Å². The Kier molecular flexibility index (Phi) is 8.56. The molecule has 0 aliphatic carbocycles. The van der Waals surface area contributed by atoms with E-state index in [2.05, 4.69) is 66.4 Å². The van der Waals surface area contributed by atoms with Crippen LogP contribution < -0.4 is 4.90 Å². The van der Waals surface area contributed by atoms with Gasteiger partial charge in [0.1, 0.15) is 0 Å². The molecule has 1 heterocycles. The van der Waals surface area contributed by atoms with Gasteiger partial charge in [-0.2, -0.15) is 0 Å². The molecule has 0 unspecified atom stereocenters. The quantitative estimate of drug-likeness (QED) is 0.486. The maximum Gasteiger partial charge on any atom is 0.253 e. The number of benzene rings is 3. The number of rotatable bonds is 7. The number of hydrogen-bond acceptors (Lipinski definition) is 4. The van der Waals surface area contributed by atoms with Gasteiger partial charge < -0.3 is 14.5 Å². The molecule has 3 aromatic carbocycles. The summed E-state index contributed by atoms with van der Waals surface area (Å²) in [5.41, 5.74) is 5.67.